The van der Waals surface area contributed by atoms with E-state index in [9.17, 15) is 4.79 Å². The molecular weight excluding hydrogens is 352 g/mol. The molecule has 7 nitrogen and oxygen atoms in total. The van der Waals surface area contributed by atoms with Crippen molar-refractivity contribution >= 4 is 28.3 Å². The van der Waals surface area contributed by atoms with Crippen molar-refractivity contribution in [3.05, 3.63) is 54.1 Å². The highest BCUT2D eigenvalue weighted by Crippen LogP contribution is 2.26. The Hall–Kier alpha value is -3.22. The first-order valence-corrected chi connectivity index (χ1v) is 9.64. The van der Waals surface area contributed by atoms with Crippen LogP contribution in [0, 0.1) is 0 Å². The van der Waals surface area contributed by atoms with Gasteiger partial charge in [-0.05, 0) is 43.5 Å². The standard InChI is InChI=1S/C21H24N6O/c1-16(15-27-20-11-5-3-9-18(20)23-25-27)22-24-21(28)12-14-26-13-6-8-17-7-2-4-10-19(17)26/h2-5,7,9-11H,6,8,12-15H2,1H3,(H,24,28). The lowest BCUT2D eigenvalue weighted by Crippen LogP contribution is -2.33. The number of para-hydroxylation sites is 2. The monoisotopic (exact) mass is 376 g/mol. The maximum Gasteiger partial charge on any atom is 0.241 e. The van der Waals surface area contributed by atoms with Crippen LogP contribution >= 0.6 is 0 Å². The fraction of sp³-hybridized carbons (Fsp3) is 0.333. The van der Waals surface area contributed by atoms with Crippen LogP contribution in [-0.2, 0) is 17.8 Å². The molecule has 2 heterocycles. The number of aryl methyl sites for hydroxylation is 1. The SMILES string of the molecule is CC(Cn1nnc2ccccc21)=NNC(=O)CCN1CCCc2ccccc21. The van der Waals surface area contributed by atoms with Gasteiger partial charge in [-0.3, -0.25) is 4.79 Å². The molecule has 1 aromatic heterocycles. The molecule has 3 aromatic rings. The summed E-state index contributed by atoms with van der Waals surface area (Å²) >= 11 is 0. The third-order valence-electron chi connectivity index (χ3n) is 4.99. The van der Waals surface area contributed by atoms with E-state index in [2.05, 4.69) is 50.0 Å². The van der Waals surface area contributed by atoms with E-state index in [-0.39, 0.29) is 5.91 Å². The number of fused-ring (bicyclic) bond motifs is 2. The Morgan fingerprint density at radius 2 is 2.00 bits per heavy atom. The molecule has 2 aromatic carbocycles. The molecule has 7 heteroatoms. The van der Waals surface area contributed by atoms with E-state index in [4.69, 9.17) is 0 Å². The van der Waals surface area contributed by atoms with Crippen LogP contribution in [0.5, 0.6) is 0 Å². The first kappa shape index (κ1) is 18.2. The van der Waals surface area contributed by atoms with Crippen molar-refractivity contribution < 1.29 is 4.79 Å². The Balaban J connectivity index is 1.30. The van der Waals surface area contributed by atoms with Gasteiger partial charge in [0.1, 0.15) is 5.52 Å². The van der Waals surface area contributed by atoms with Crippen LogP contribution in [0.25, 0.3) is 11.0 Å². The fourth-order valence-electron chi connectivity index (χ4n) is 3.58. The Bertz CT molecular complexity index is 1010. The second kappa shape index (κ2) is 8.21. The topological polar surface area (TPSA) is 75.4 Å². The molecule has 0 unspecified atom stereocenters. The molecule has 1 aliphatic rings. The zero-order valence-electron chi connectivity index (χ0n) is 16.0. The summed E-state index contributed by atoms with van der Waals surface area (Å²) in [4.78, 5) is 14.5. The van der Waals surface area contributed by atoms with Crippen LogP contribution in [0.15, 0.2) is 53.6 Å². The smallest absolute Gasteiger partial charge is 0.241 e. The van der Waals surface area contributed by atoms with Gasteiger partial charge in [-0.15, -0.1) is 5.10 Å². The summed E-state index contributed by atoms with van der Waals surface area (Å²) in [6, 6.07) is 16.2. The number of hydrazone groups is 1. The van der Waals surface area contributed by atoms with Crippen LogP contribution in [0.1, 0.15) is 25.3 Å². The number of hydrogen-bond acceptors (Lipinski definition) is 5. The number of benzene rings is 2. The molecule has 4 rings (SSSR count). The zero-order chi connectivity index (χ0) is 19.3. The van der Waals surface area contributed by atoms with Crippen LogP contribution in [0.3, 0.4) is 0 Å². The van der Waals surface area contributed by atoms with Gasteiger partial charge >= 0.3 is 0 Å². The summed E-state index contributed by atoms with van der Waals surface area (Å²) in [6.07, 6.45) is 2.65. The van der Waals surface area contributed by atoms with Crippen molar-refractivity contribution in [1.29, 1.82) is 0 Å². The van der Waals surface area contributed by atoms with E-state index in [0.717, 1.165) is 36.1 Å². The van der Waals surface area contributed by atoms with Gasteiger partial charge in [-0.2, -0.15) is 5.10 Å². The van der Waals surface area contributed by atoms with Gasteiger partial charge < -0.3 is 4.90 Å². The van der Waals surface area contributed by atoms with Gasteiger partial charge in [0, 0.05) is 25.2 Å². The van der Waals surface area contributed by atoms with Crippen molar-refractivity contribution in [2.24, 2.45) is 5.10 Å². The van der Waals surface area contributed by atoms with Crippen molar-refractivity contribution in [3.63, 3.8) is 0 Å². The van der Waals surface area contributed by atoms with E-state index in [1.807, 2.05) is 31.2 Å². The number of aromatic nitrogens is 3. The molecular formula is C21H24N6O. The van der Waals surface area contributed by atoms with Gasteiger partial charge in [-0.25, -0.2) is 10.1 Å². The van der Waals surface area contributed by atoms with Crippen molar-refractivity contribution in [3.8, 4) is 0 Å². The number of hydrogen-bond donors (Lipinski definition) is 1. The lowest BCUT2D eigenvalue weighted by Gasteiger charge is -2.31. The van der Waals surface area contributed by atoms with E-state index in [0.29, 0.717) is 19.5 Å². The third-order valence-corrected chi connectivity index (χ3v) is 4.99. The van der Waals surface area contributed by atoms with Gasteiger partial charge in [-0.1, -0.05) is 35.5 Å². The lowest BCUT2D eigenvalue weighted by molar-refractivity contribution is -0.120. The molecule has 144 valence electrons. The summed E-state index contributed by atoms with van der Waals surface area (Å²) in [5.41, 5.74) is 7.85. The van der Waals surface area contributed by atoms with Crippen LogP contribution in [-0.4, -0.2) is 39.7 Å². The average Bonchev–Trinajstić information content (AvgIpc) is 3.13. The maximum atomic E-state index is 12.2. The van der Waals surface area contributed by atoms with E-state index in [1.165, 1.54) is 11.3 Å². The number of nitrogens with zero attached hydrogens (tertiary/aromatic N) is 5. The normalized spacial score (nSPS) is 14.2. The second-order valence-electron chi connectivity index (χ2n) is 7.09. The van der Waals surface area contributed by atoms with Crippen LogP contribution in [0.2, 0.25) is 0 Å². The van der Waals surface area contributed by atoms with Gasteiger partial charge in [0.05, 0.1) is 17.8 Å². The molecule has 0 saturated carbocycles. The highest BCUT2D eigenvalue weighted by molar-refractivity contribution is 5.85. The van der Waals surface area contributed by atoms with Crippen molar-refractivity contribution in [2.75, 3.05) is 18.0 Å². The number of carbonyl (C=O) groups is 1. The third kappa shape index (κ3) is 4.03. The highest BCUT2D eigenvalue weighted by atomic mass is 16.2. The first-order chi connectivity index (χ1) is 13.7. The van der Waals surface area contributed by atoms with E-state index >= 15 is 0 Å². The summed E-state index contributed by atoms with van der Waals surface area (Å²) in [7, 11) is 0. The quantitative estimate of drug-likeness (QED) is 0.530. The molecule has 0 spiro atoms. The number of rotatable bonds is 6. The minimum Gasteiger partial charge on any atom is -0.371 e. The summed E-state index contributed by atoms with van der Waals surface area (Å²) in [5.74, 6) is -0.0779. The van der Waals surface area contributed by atoms with Gasteiger partial charge in [0.2, 0.25) is 5.91 Å². The molecule has 1 amide bonds. The molecule has 0 radical (unpaired) electrons. The van der Waals surface area contributed by atoms with E-state index in [1.54, 1.807) is 4.68 Å². The van der Waals surface area contributed by atoms with Gasteiger partial charge in [0.15, 0.2) is 0 Å². The molecule has 1 aliphatic heterocycles. The largest absolute Gasteiger partial charge is 0.371 e. The molecule has 1 N–H and O–H groups in total. The van der Waals surface area contributed by atoms with Gasteiger partial charge in [0.25, 0.3) is 0 Å². The fourth-order valence-corrected chi connectivity index (χ4v) is 3.58. The minimum absolute atomic E-state index is 0.0779. The molecule has 0 atom stereocenters. The predicted octanol–water partition coefficient (Wildman–Crippen LogP) is 2.77. The molecule has 0 aliphatic carbocycles. The number of amides is 1. The Morgan fingerprint density at radius 3 is 2.93 bits per heavy atom. The Morgan fingerprint density at radius 1 is 1.18 bits per heavy atom. The van der Waals surface area contributed by atoms with Crippen molar-refractivity contribution in [2.45, 2.75) is 32.7 Å². The average molecular weight is 376 g/mol. The molecule has 0 fully saturated rings. The van der Waals surface area contributed by atoms with Crippen molar-refractivity contribution in [1.82, 2.24) is 20.4 Å². The number of nitrogens with one attached hydrogen (secondary N) is 1. The van der Waals surface area contributed by atoms with Crippen LogP contribution < -0.4 is 10.3 Å². The predicted molar refractivity (Wildman–Crippen MR) is 110 cm³/mol. The van der Waals surface area contributed by atoms with E-state index < -0.39 is 0 Å². The Labute approximate surface area is 164 Å². The number of anilines is 1. The maximum absolute atomic E-state index is 12.2. The summed E-state index contributed by atoms with van der Waals surface area (Å²) in [5, 5.41) is 12.5. The zero-order valence-corrected chi connectivity index (χ0v) is 16.0. The molecule has 0 bridgehead atoms. The summed E-state index contributed by atoms with van der Waals surface area (Å²) in [6.45, 7) is 4.05. The highest BCUT2D eigenvalue weighted by Gasteiger charge is 2.16. The first-order valence-electron chi connectivity index (χ1n) is 9.64. The minimum atomic E-state index is -0.0779. The van der Waals surface area contributed by atoms with Crippen LogP contribution in [0.4, 0.5) is 5.69 Å². The molecule has 0 saturated heterocycles. The number of carbonyl (C=O) groups excluding carboxylic acids is 1. The Kier molecular flexibility index (Phi) is 5.32. The summed E-state index contributed by atoms with van der Waals surface area (Å²) < 4.78 is 1.78. The second-order valence-corrected chi connectivity index (χ2v) is 7.09. The lowest BCUT2D eigenvalue weighted by atomic mass is 10.0. The molecule has 28 heavy (non-hydrogen) atoms.